The number of nitrogens with one attached hydrogen (secondary N) is 1. The fourth-order valence-corrected chi connectivity index (χ4v) is 3.58. The molecule has 0 saturated carbocycles. The number of anilines is 1. The van der Waals surface area contributed by atoms with Gasteiger partial charge in [0.25, 0.3) is 0 Å². The first-order chi connectivity index (χ1) is 11.5. The van der Waals surface area contributed by atoms with Gasteiger partial charge in [0.2, 0.25) is 11.8 Å². The molecule has 0 fully saturated rings. The minimum Gasteiger partial charge on any atom is -0.340 e. The summed E-state index contributed by atoms with van der Waals surface area (Å²) in [6.45, 7) is 2.37. The highest BCUT2D eigenvalue weighted by molar-refractivity contribution is 8.01. The van der Waals surface area contributed by atoms with Crippen molar-refractivity contribution in [2.75, 3.05) is 18.1 Å². The zero-order chi connectivity index (χ0) is 17.5. The van der Waals surface area contributed by atoms with Gasteiger partial charge < -0.3 is 10.2 Å². The first kappa shape index (κ1) is 18.5. The predicted molar refractivity (Wildman–Crippen MR) is 97.7 cm³/mol. The van der Waals surface area contributed by atoms with Crippen LogP contribution in [-0.4, -0.2) is 34.8 Å². The van der Waals surface area contributed by atoms with Crippen molar-refractivity contribution in [3.05, 3.63) is 52.5 Å². The third-order valence-corrected chi connectivity index (χ3v) is 5.28. The fourth-order valence-electron chi connectivity index (χ4n) is 2.03. The number of thioether (sulfide) groups is 1. The molecule has 0 saturated heterocycles. The Morgan fingerprint density at radius 1 is 1.29 bits per heavy atom. The van der Waals surface area contributed by atoms with Crippen molar-refractivity contribution in [2.45, 2.75) is 18.7 Å². The second-order valence-corrected chi connectivity index (χ2v) is 7.64. The topological polar surface area (TPSA) is 49.4 Å². The van der Waals surface area contributed by atoms with Crippen molar-refractivity contribution < 1.29 is 14.0 Å². The fraction of sp³-hybridized carbons (Fsp3) is 0.294. The molecule has 1 aromatic heterocycles. The van der Waals surface area contributed by atoms with Gasteiger partial charge in [0.1, 0.15) is 5.82 Å². The molecule has 2 amide bonds. The van der Waals surface area contributed by atoms with Gasteiger partial charge in [0.15, 0.2) is 0 Å². The summed E-state index contributed by atoms with van der Waals surface area (Å²) < 4.78 is 12.8. The average molecular weight is 366 g/mol. The van der Waals surface area contributed by atoms with E-state index in [1.54, 1.807) is 30.2 Å². The van der Waals surface area contributed by atoms with Crippen molar-refractivity contribution in [3.8, 4) is 0 Å². The zero-order valence-corrected chi connectivity index (χ0v) is 15.1. The Morgan fingerprint density at radius 2 is 2.00 bits per heavy atom. The van der Waals surface area contributed by atoms with Crippen LogP contribution in [0.2, 0.25) is 0 Å². The standard InChI is InChI=1S/C17H19FN2O2S2/c1-12(17(22)20(2)10-15-4-3-9-23-15)24-11-16(21)19-14-7-5-13(18)6-8-14/h3-9,12H,10-11H2,1-2H3,(H,19,21). The molecule has 7 heteroatoms. The summed E-state index contributed by atoms with van der Waals surface area (Å²) in [5.74, 6) is -0.414. The first-order valence-corrected chi connectivity index (χ1v) is 9.33. The van der Waals surface area contributed by atoms with E-state index in [0.717, 1.165) is 4.88 Å². The lowest BCUT2D eigenvalue weighted by atomic mass is 10.3. The van der Waals surface area contributed by atoms with E-state index in [0.29, 0.717) is 12.2 Å². The number of carbonyl (C=O) groups is 2. The molecular formula is C17H19FN2O2S2. The minimum atomic E-state index is -0.352. The molecule has 4 nitrogen and oxygen atoms in total. The molecule has 0 aliphatic carbocycles. The number of hydrogen-bond donors (Lipinski definition) is 1. The van der Waals surface area contributed by atoms with E-state index in [1.807, 2.05) is 17.5 Å². The number of carbonyl (C=O) groups excluding carboxylic acids is 2. The lowest BCUT2D eigenvalue weighted by Gasteiger charge is -2.20. The molecule has 1 atom stereocenters. The zero-order valence-electron chi connectivity index (χ0n) is 13.5. The Balaban J connectivity index is 1.76. The molecule has 0 aliphatic heterocycles. The summed E-state index contributed by atoms with van der Waals surface area (Å²) in [7, 11) is 1.76. The van der Waals surface area contributed by atoms with Crippen LogP contribution in [0.5, 0.6) is 0 Å². The van der Waals surface area contributed by atoms with Crippen LogP contribution in [0.4, 0.5) is 10.1 Å². The van der Waals surface area contributed by atoms with Gasteiger partial charge in [-0.1, -0.05) is 6.07 Å². The van der Waals surface area contributed by atoms with Gasteiger partial charge in [-0.05, 0) is 42.6 Å². The maximum absolute atomic E-state index is 12.8. The van der Waals surface area contributed by atoms with Crippen LogP contribution in [-0.2, 0) is 16.1 Å². The number of thiophene rings is 1. The number of hydrogen-bond acceptors (Lipinski definition) is 4. The predicted octanol–water partition coefficient (Wildman–Crippen LogP) is 3.61. The van der Waals surface area contributed by atoms with Crippen molar-refractivity contribution in [1.29, 1.82) is 0 Å². The highest BCUT2D eigenvalue weighted by atomic mass is 32.2. The SMILES string of the molecule is CC(SCC(=O)Nc1ccc(F)cc1)C(=O)N(C)Cc1cccs1. The Bertz CT molecular complexity index is 674. The summed E-state index contributed by atoms with van der Waals surface area (Å²) in [6.07, 6.45) is 0. The van der Waals surface area contributed by atoms with Crippen LogP contribution >= 0.6 is 23.1 Å². The Kier molecular flexibility index (Phi) is 6.81. The summed E-state index contributed by atoms with van der Waals surface area (Å²) in [5.41, 5.74) is 0.538. The van der Waals surface area contributed by atoms with Crippen LogP contribution in [0, 0.1) is 5.82 Å². The van der Waals surface area contributed by atoms with Crippen LogP contribution in [0.25, 0.3) is 0 Å². The van der Waals surface area contributed by atoms with Crippen LogP contribution in [0.3, 0.4) is 0 Å². The minimum absolute atomic E-state index is 0.0111. The molecule has 128 valence electrons. The second-order valence-electron chi connectivity index (χ2n) is 5.28. The van der Waals surface area contributed by atoms with Gasteiger partial charge in [-0.15, -0.1) is 23.1 Å². The van der Waals surface area contributed by atoms with Gasteiger partial charge in [-0.3, -0.25) is 9.59 Å². The number of benzene rings is 1. The lowest BCUT2D eigenvalue weighted by molar-refractivity contribution is -0.129. The third kappa shape index (κ3) is 5.65. The molecule has 0 aliphatic rings. The number of amides is 2. The number of rotatable bonds is 7. The molecule has 24 heavy (non-hydrogen) atoms. The maximum atomic E-state index is 12.8. The van der Waals surface area contributed by atoms with Gasteiger partial charge in [-0.25, -0.2) is 4.39 Å². The molecule has 0 radical (unpaired) electrons. The molecule has 0 bridgehead atoms. The first-order valence-electron chi connectivity index (χ1n) is 7.40. The van der Waals surface area contributed by atoms with Crippen molar-refractivity contribution in [1.82, 2.24) is 4.90 Å². The summed E-state index contributed by atoms with van der Waals surface area (Å²) in [6, 6.07) is 9.52. The summed E-state index contributed by atoms with van der Waals surface area (Å²) >= 11 is 2.89. The number of nitrogens with zero attached hydrogens (tertiary/aromatic N) is 1. The smallest absolute Gasteiger partial charge is 0.235 e. The molecule has 2 aromatic rings. The van der Waals surface area contributed by atoms with Gasteiger partial charge in [0.05, 0.1) is 17.5 Å². The van der Waals surface area contributed by atoms with E-state index in [2.05, 4.69) is 5.32 Å². The largest absolute Gasteiger partial charge is 0.340 e. The van der Waals surface area contributed by atoms with E-state index < -0.39 is 0 Å². The van der Waals surface area contributed by atoms with Crippen LogP contribution in [0.15, 0.2) is 41.8 Å². The van der Waals surface area contributed by atoms with Crippen molar-refractivity contribution in [2.24, 2.45) is 0 Å². The monoisotopic (exact) mass is 366 g/mol. The Labute approximate surface area is 149 Å². The van der Waals surface area contributed by atoms with E-state index >= 15 is 0 Å². The third-order valence-electron chi connectivity index (χ3n) is 3.29. The van der Waals surface area contributed by atoms with Crippen molar-refractivity contribution in [3.63, 3.8) is 0 Å². The van der Waals surface area contributed by atoms with Gasteiger partial charge >= 0.3 is 0 Å². The quantitative estimate of drug-likeness (QED) is 0.814. The molecule has 0 spiro atoms. The second kappa shape index (κ2) is 8.84. The van der Waals surface area contributed by atoms with Crippen LogP contribution in [0.1, 0.15) is 11.8 Å². The Morgan fingerprint density at radius 3 is 2.62 bits per heavy atom. The Hall–Kier alpha value is -1.86. The van der Waals surface area contributed by atoms with E-state index in [9.17, 15) is 14.0 Å². The molecule has 1 unspecified atom stereocenters. The van der Waals surface area contributed by atoms with E-state index in [-0.39, 0.29) is 28.6 Å². The van der Waals surface area contributed by atoms with E-state index in [1.165, 1.54) is 36.0 Å². The molecule has 1 aromatic carbocycles. The molecule has 1 heterocycles. The molecule has 1 N–H and O–H groups in total. The lowest BCUT2D eigenvalue weighted by Crippen LogP contribution is -2.33. The average Bonchev–Trinajstić information content (AvgIpc) is 3.07. The highest BCUT2D eigenvalue weighted by Crippen LogP contribution is 2.17. The molecular weight excluding hydrogens is 347 g/mol. The van der Waals surface area contributed by atoms with Crippen LogP contribution < -0.4 is 5.32 Å². The van der Waals surface area contributed by atoms with Gasteiger partial charge in [0, 0.05) is 17.6 Å². The van der Waals surface area contributed by atoms with Crippen molar-refractivity contribution >= 4 is 40.6 Å². The van der Waals surface area contributed by atoms with Gasteiger partial charge in [-0.2, -0.15) is 0 Å². The number of halogens is 1. The normalized spacial score (nSPS) is 11.8. The van der Waals surface area contributed by atoms with E-state index in [4.69, 9.17) is 0 Å². The summed E-state index contributed by atoms with van der Waals surface area (Å²) in [5, 5.41) is 4.35. The highest BCUT2D eigenvalue weighted by Gasteiger charge is 2.19. The molecule has 2 rings (SSSR count). The summed E-state index contributed by atoms with van der Waals surface area (Å²) in [4.78, 5) is 27.0. The maximum Gasteiger partial charge on any atom is 0.235 e.